The Balaban J connectivity index is 1.42. The van der Waals surface area contributed by atoms with Crippen LogP contribution in [0.5, 0.6) is 17.2 Å². The highest BCUT2D eigenvalue weighted by atomic mass is 16.7. The van der Waals surface area contributed by atoms with Crippen molar-refractivity contribution in [3.63, 3.8) is 0 Å². The first kappa shape index (κ1) is 21.7. The Hall–Kier alpha value is -3.15. The molecule has 3 aromatic rings. The molecule has 5 rings (SSSR count). The molecule has 2 aromatic carbocycles. The third kappa shape index (κ3) is 3.92. The topological polar surface area (TPSA) is 148 Å². The van der Waals surface area contributed by atoms with E-state index in [1.165, 1.54) is 24.5 Å². The fraction of sp³-hybridized carbons (Fsp3) is 0.348. The molecular weight excluding hydrogens is 436 g/mol. The van der Waals surface area contributed by atoms with E-state index in [1.54, 1.807) is 18.2 Å². The number of fused-ring (bicyclic) bond motifs is 2. The number of ether oxygens (including phenoxy) is 4. The van der Waals surface area contributed by atoms with Crippen molar-refractivity contribution in [1.82, 2.24) is 0 Å². The number of hydrogen-bond acceptors (Lipinski definition) is 10. The van der Waals surface area contributed by atoms with Gasteiger partial charge >= 0.3 is 0 Å². The van der Waals surface area contributed by atoms with Gasteiger partial charge in [-0.15, -0.1) is 0 Å². The summed E-state index contributed by atoms with van der Waals surface area (Å²) in [7, 11) is 0. The zero-order valence-electron chi connectivity index (χ0n) is 17.3. The van der Waals surface area contributed by atoms with Gasteiger partial charge in [0.25, 0.3) is 0 Å². The largest absolute Gasteiger partial charge is 0.486 e. The molecule has 1 fully saturated rings. The Bertz CT molecular complexity index is 1220. The van der Waals surface area contributed by atoms with Gasteiger partial charge in [0, 0.05) is 6.07 Å². The van der Waals surface area contributed by atoms with Gasteiger partial charge in [0.2, 0.25) is 6.29 Å². The SMILES string of the molecule is O=c1c(-c2ccc3c(c2)OCCO3)coc2cc(O[C@H]3OC(CO)[C@@H](O)C(O)C3O)ccc12. The van der Waals surface area contributed by atoms with Crippen molar-refractivity contribution in [2.45, 2.75) is 30.7 Å². The predicted molar refractivity (Wildman–Crippen MR) is 113 cm³/mol. The average molecular weight is 458 g/mol. The molecule has 174 valence electrons. The van der Waals surface area contributed by atoms with Crippen LogP contribution in [0.4, 0.5) is 0 Å². The monoisotopic (exact) mass is 458 g/mol. The zero-order chi connectivity index (χ0) is 23.1. The third-order valence-corrected chi connectivity index (χ3v) is 5.70. The molecule has 2 aliphatic heterocycles. The van der Waals surface area contributed by atoms with Crippen LogP contribution >= 0.6 is 0 Å². The second-order valence-electron chi connectivity index (χ2n) is 7.81. The maximum Gasteiger partial charge on any atom is 0.229 e. The molecule has 0 bridgehead atoms. The third-order valence-electron chi connectivity index (χ3n) is 5.70. The van der Waals surface area contributed by atoms with E-state index in [2.05, 4.69) is 0 Å². The van der Waals surface area contributed by atoms with Crippen LogP contribution in [0.25, 0.3) is 22.1 Å². The Morgan fingerprint density at radius 2 is 1.73 bits per heavy atom. The normalized spacial score (nSPS) is 26.8. The minimum absolute atomic E-state index is 0.196. The zero-order valence-corrected chi connectivity index (χ0v) is 17.3. The molecule has 1 saturated heterocycles. The van der Waals surface area contributed by atoms with E-state index < -0.39 is 37.3 Å². The Kier molecular flexibility index (Phi) is 5.69. The maximum atomic E-state index is 13.1. The molecule has 0 radical (unpaired) electrons. The molecule has 10 nitrogen and oxygen atoms in total. The molecule has 0 amide bonds. The fourth-order valence-corrected chi connectivity index (χ4v) is 3.89. The average Bonchev–Trinajstić information content (AvgIpc) is 2.84. The Labute approximate surface area is 187 Å². The molecule has 2 aliphatic rings. The van der Waals surface area contributed by atoms with Crippen molar-refractivity contribution in [2.24, 2.45) is 0 Å². The standard InChI is InChI=1S/C23H22O10/c24-9-18-20(26)21(27)22(28)23(33-18)32-12-2-3-13-16(8-12)31-10-14(19(13)25)11-1-4-15-17(7-11)30-6-5-29-15/h1-4,7-8,10,18,20-24,26-28H,5-6,9H2/t18?,20-,21?,22?,23+/m1/s1. The van der Waals surface area contributed by atoms with Gasteiger partial charge in [-0.3, -0.25) is 4.79 Å². The number of rotatable bonds is 4. The van der Waals surface area contributed by atoms with Crippen LogP contribution in [0.1, 0.15) is 0 Å². The first-order chi connectivity index (χ1) is 16.0. The first-order valence-electron chi connectivity index (χ1n) is 10.4. The Morgan fingerprint density at radius 1 is 0.939 bits per heavy atom. The van der Waals surface area contributed by atoms with Gasteiger partial charge in [0.05, 0.1) is 17.6 Å². The highest BCUT2D eigenvalue weighted by Crippen LogP contribution is 2.34. The summed E-state index contributed by atoms with van der Waals surface area (Å²) in [6, 6.07) is 9.68. The van der Waals surface area contributed by atoms with Crippen molar-refractivity contribution in [2.75, 3.05) is 19.8 Å². The molecule has 1 aromatic heterocycles. The molecule has 3 unspecified atom stereocenters. The summed E-state index contributed by atoms with van der Waals surface area (Å²) < 4.78 is 27.7. The van der Waals surface area contributed by atoms with Crippen molar-refractivity contribution < 1.29 is 43.8 Å². The van der Waals surface area contributed by atoms with Gasteiger partial charge < -0.3 is 43.8 Å². The molecule has 0 saturated carbocycles. The van der Waals surface area contributed by atoms with E-state index in [1.807, 2.05) is 0 Å². The molecule has 3 heterocycles. The van der Waals surface area contributed by atoms with E-state index in [4.69, 9.17) is 23.4 Å². The summed E-state index contributed by atoms with van der Waals surface area (Å²) in [5, 5.41) is 39.6. The van der Waals surface area contributed by atoms with E-state index in [0.717, 1.165) is 0 Å². The lowest BCUT2D eigenvalue weighted by Gasteiger charge is -2.39. The van der Waals surface area contributed by atoms with Gasteiger partial charge in [-0.2, -0.15) is 0 Å². The van der Waals surface area contributed by atoms with Crippen LogP contribution < -0.4 is 19.6 Å². The minimum atomic E-state index is -1.56. The van der Waals surface area contributed by atoms with Crippen LogP contribution in [0.3, 0.4) is 0 Å². The fourth-order valence-electron chi connectivity index (χ4n) is 3.89. The van der Waals surface area contributed by atoms with Gasteiger partial charge in [0.1, 0.15) is 55.2 Å². The van der Waals surface area contributed by atoms with Crippen LogP contribution in [0.15, 0.2) is 51.9 Å². The van der Waals surface area contributed by atoms with E-state index in [9.17, 15) is 25.2 Å². The van der Waals surface area contributed by atoms with Crippen LogP contribution in [0, 0.1) is 0 Å². The molecular formula is C23H22O10. The number of hydrogen-bond donors (Lipinski definition) is 4. The van der Waals surface area contributed by atoms with Gasteiger partial charge in [0.15, 0.2) is 16.9 Å². The van der Waals surface area contributed by atoms with Crippen molar-refractivity contribution >= 4 is 11.0 Å². The van der Waals surface area contributed by atoms with Crippen LogP contribution in [0.2, 0.25) is 0 Å². The lowest BCUT2D eigenvalue weighted by atomic mass is 9.99. The number of benzene rings is 2. The highest BCUT2D eigenvalue weighted by Gasteiger charge is 2.44. The predicted octanol–water partition coefficient (Wildman–Crippen LogP) is 0.410. The van der Waals surface area contributed by atoms with Crippen LogP contribution in [-0.4, -0.2) is 71.0 Å². The van der Waals surface area contributed by atoms with Crippen molar-refractivity contribution in [3.8, 4) is 28.4 Å². The summed E-state index contributed by atoms with van der Waals surface area (Å²) in [5.41, 5.74) is 0.953. The number of aliphatic hydroxyl groups excluding tert-OH is 4. The summed E-state index contributed by atoms with van der Waals surface area (Å²) >= 11 is 0. The van der Waals surface area contributed by atoms with E-state index in [-0.39, 0.29) is 16.8 Å². The second-order valence-corrected chi connectivity index (χ2v) is 7.81. The Morgan fingerprint density at radius 3 is 2.52 bits per heavy atom. The van der Waals surface area contributed by atoms with Gasteiger partial charge in [-0.25, -0.2) is 0 Å². The molecule has 33 heavy (non-hydrogen) atoms. The summed E-state index contributed by atoms with van der Waals surface area (Å²) in [4.78, 5) is 13.1. The lowest BCUT2D eigenvalue weighted by molar-refractivity contribution is -0.277. The van der Waals surface area contributed by atoms with E-state index in [0.29, 0.717) is 41.2 Å². The summed E-state index contributed by atoms with van der Waals surface area (Å²) in [6.45, 7) is 0.331. The smallest absolute Gasteiger partial charge is 0.229 e. The highest BCUT2D eigenvalue weighted by molar-refractivity contribution is 5.83. The van der Waals surface area contributed by atoms with Gasteiger partial charge in [-0.05, 0) is 29.8 Å². The molecule has 10 heteroatoms. The van der Waals surface area contributed by atoms with Gasteiger partial charge in [-0.1, -0.05) is 6.07 Å². The van der Waals surface area contributed by atoms with Crippen LogP contribution in [-0.2, 0) is 4.74 Å². The quantitative estimate of drug-likeness (QED) is 0.433. The summed E-state index contributed by atoms with van der Waals surface area (Å²) in [6.07, 6.45) is -5.70. The summed E-state index contributed by atoms with van der Waals surface area (Å²) in [5.74, 6) is 1.37. The van der Waals surface area contributed by atoms with Crippen molar-refractivity contribution in [1.29, 1.82) is 0 Å². The molecule has 0 aliphatic carbocycles. The first-order valence-corrected chi connectivity index (χ1v) is 10.4. The van der Waals surface area contributed by atoms with E-state index >= 15 is 0 Å². The number of aliphatic hydroxyl groups is 4. The molecule has 4 N–H and O–H groups in total. The lowest BCUT2D eigenvalue weighted by Crippen LogP contribution is -2.60. The minimum Gasteiger partial charge on any atom is -0.486 e. The molecule has 0 spiro atoms. The molecule has 5 atom stereocenters. The maximum absolute atomic E-state index is 13.1. The second kappa shape index (κ2) is 8.65. The van der Waals surface area contributed by atoms with Crippen molar-refractivity contribution in [3.05, 3.63) is 52.9 Å².